The van der Waals surface area contributed by atoms with Crippen molar-refractivity contribution in [1.29, 1.82) is 0 Å². The Kier molecular flexibility index (Phi) is 5.52. The third-order valence-electron chi connectivity index (χ3n) is 3.91. The lowest BCUT2D eigenvalue weighted by Gasteiger charge is -2.11. The molecule has 138 valence electrons. The Labute approximate surface area is 159 Å². The molecular formula is C19H17ClN4O3. The molecule has 0 aliphatic heterocycles. The van der Waals surface area contributed by atoms with Gasteiger partial charge in [-0.25, -0.2) is 4.68 Å². The molecule has 2 amide bonds. The van der Waals surface area contributed by atoms with Crippen LogP contribution in [0, 0.1) is 0 Å². The van der Waals surface area contributed by atoms with Crippen LogP contribution in [0.25, 0.3) is 10.8 Å². The van der Waals surface area contributed by atoms with Gasteiger partial charge >= 0.3 is 0 Å². The Morgan fingerprint density at radius 3 is 2.30 bits per heavy atom. The number of hydrogen-bond donors (Lipinski definition) is 2. The zero-order chi connectivity index (χ0) is 19.4. The zero-order valence-corrected chi connectivity index (χ0v) is 15.3. The highest BCUT2D eigenvalue weighted by Gasteiger charge is 2.17. The summed E-state index contributed by atoms with van der Waals surface area (Å²) in [5, 5.41) is 5.50. The van der Waals surface area contributed by atoms with E-state index in [-0.39, 0.29) is 11.3 Å². The van der Waals surface area contributed by atoms with Crippen LogP contribution < -0.4 is 16.4 Å². The number of aryl methyl sites for hydroxylation is 1. The van der Waals surface area contributed by atoms with Crippen LogP contribution in [0.1, 0.15) is 34.2 Å². The average molecular weight is 385 g/mol. The Morgan fingerprint density at radius 1 is 1.00 bits per heavy atom. The fraction of sp³-hybridized carbons (Fsp3) is 0.158. The van der Waals surface area contributed by atoms with Gasteiger partial charge in [0.25, 0.3) is 17.4 Å². The summed E-state index contributed by atoms with van der Waals surface area (Å²) in [6, 6.07) is 13.0. The largest absolute Gasteiger partial charge is 0.290 e. The molecule has 0 atom stereocenters. The molecule has 0 unspecified atom stereocenters. The molecular weight excluding hydrogens is 368 g/mol. The molecule has 2 aromatic carbocycles. The van der Waals surface area contributed by atoms with Crippen LogP contribution in [-0.4, -0.2) is 21.6 Å². The lowest BCUT2D eigenvalue weighted by molar-refractivity contribution is 0.0843. The smallest absolute Gasteiger partial charge is 0.267 e. The summed E-state index contributed by atoms with van der Waals surface area (Å²) in [7, 11) is 0. The first-order valence-corrected chi connectivity index (χ1v) is 8.75. The number of nitrogens with zero attached hydrogens (tertiary/aromatic N) is 2. The van der Waals surface area contributed by atoms with E-state index >= 15 is 0 Å². The number of benzene rings is 2. The summed E-state index contributed by atoms with van der Waals surface area (Å²) in [6.07, 6.45) is 0.694. The highest BCUT2D eigenvalue weighted by Crippen LogP contribution is 2.13. The van der Waals surface area contributed by atoms with E-state index in [1.165, 1.54) is 4.68 Å². The van der Waals surface area contributed by atoms with Crippen molar-refractivity contribution in [2.24, 2.45) is 0 Å². The molecule has 8 heteroatoms. The molecule has 3 aromatic rings. The molecule has 1 heterocycles. The molecule has 2 N–H and O–H groups in total. The fourth-order valence-corrected chi connectivity index (χ4v) is 2.74. The molecule has 0 spiro atoms. The van der Waals surface area contributed by atoms with Crippen molar-refractivity contribution in [2.75, 3.05) is 0 Å². The molecule has 1 aromatic heterocycles. The first-order chi connectivity index (χ1) is 13.0. The van der Waals surface area contributed by atoms with Crippen molar-refractivity contribution in [3.8, 4) is 0 Å². The van der Waals surface area contributed by atoms with E-state index in [1.807, 2.05) is 6.92 Å². The monoisotopic (exact) mass is 384 g/mol. The fourth-order valence-electron chi connectivity index (χ4n) is 2.61. The molecule has 27 heavy (non-hydrogen) atoms. The van der Waals surface area contributed by atoms with E-state index in [9.17, 15) is 14.4 Å². The Bertz CT molecular complexity index is 1060. The number of fused-ring (bicyclic) bond motifs is 1. The van der Waals surface area contributed by atoms with Crippen molar-refractivity contribution in [1.82, 2.24) is 20.6 Å². The van der Waals surface area contributed by atoms with E-state index in [1.54, 1.807) is 48.5 Å². The molecule has 0 fully saturated rings. The van der Waals surface area contributed by atoms with Gasteiger partial charge in [-0.15, -0.1) is 0 Å². The predicted molar refractivity (Wildman–Crippen MR) is 103 cm³/mol. The highest BCUT2D eigenvalue weighted by atomic mass is 35.5. The first kappa shape index (κ1) is 18.6. The van der Waals surface area contributed by atoms with E-state index in [0.29, 0.717) is 34.3 Å². The third-order valence-corrected chi connectivity index (χ3v) is 4.17. The van der Waals surface area contributed by atoms with Gasteiger partial charge in [0.15, 0.2) is 5.69 Å². The maximum atomic E-state index is 12.6. The number of nitrogens with one attached hydrogen (secondary N) is 2. The summed E-state index contributed by atoms with van der Waals surface area (Å²) < 4.78 is 1.26. The van der Waals surface area contributed by atoms with Crippen LogP contribution in [0.15, 0.2) is 53.3 Å². The van der Waals surface area contributed by atoms with Gasteiger partial charge in [0.1, 0.15) is 0 Å². The van der Waals surface area contributed by atoms with Crippen molar-refractivity contribution in [2.45, 2.75) is 19.9 Å². The molecule has 3 rings (SSSR count). The second-order valence-corrected chi connectivity index (χ2v) is 6.27. The topological polar surface area (TPSA) is 93.1 Å². The van der Waals surface area contributed by atoms with Crippen LogP contribution >= 0.6 is 11.6 Å². The molecule has 0 bridgehead atoms. The standard InChI is InChI=1S/C19H17ClN4O3/c1-2-11-24-19(27)15-6-4-3-5-14(15)16(23-24)18(26)22-21-17(25)12-7-9-13(20)10-8-12/h3-10H,2,11H2,1H3,(H,21,25)(H,22,26). The van der Waals surface area contributed by atoms with Gasteiger partial charge in [-0.1, -0.05) is 36.7 Å². The quantitative estimate of drug-likeness (QED) is 0.676. The van der Waals surface area contributed by atoms with Crippen LogP contribution in [0.3, 0.4) is 0 Å². The number of hydrazine groups is 1. The van der Waals surface area contributed by atoms with E-state index in [4.69, 9.17) is 11.6 Å². The minimum Gasteiger partial charge on any atom is -0.267 e. The minimum atomic E-state index is -0.613. The van der Waals surface area contributed by atoms with Crippen LogP contribution in [-0.2, 0) is 6.54 Å². The Hall–Kier alpha value is -3.19. The molecule has 7 nitrogen and oxygen atoms in total. The number of carbonyl (C=O) groups is 2. The maximum absolute atomic E-state index is 12.6. The van der Waals surface area contributed by atoms with Crippen molar-refractivity contribution >= 4 is 34.2 Å². The van der Waals surface area contributed by atoms with Crippen molar-refractivity contribution in [3.63, 3.8) is 0 Å². The summed E-state index contributed by atoms with van der Waals surface area (Å²) in [6.45, 7) is 2.30. The lowest BCUT2D eigenvalue weighted by Crippen LogP contribution is -2.42. The zero-order valence-electron chi connectivity index (χ0n) is 14.5. The number of hydrogen-bond acceptors (Lipinski definition) is 4. The number of rotatable bonds is 4. The van der Waals surface area contributed by atoms with Gasteiger partial charge in [-0.2, -0.15) is 5.10 Å². The average Bonchev–Trinajstić information content (AvgIpc) is 2.68. The summed E-state index contributed by atoms with van der Waals surface area (Å²) in [5.41, 5.74) is 4.83. The predicted octanol–water partition coefficient (Wildman–Crippen LogP) is 2.53. The van der Waals surface area contributed by atoms with Gasteiger partial charge in [-0.05, 0) is 36.8 Å². The normalized spacial score (nSPS) is 10.6. The Morgan fingerprint density at radius 2 is 1.63 bits per heavy atom. The second-order valence-electron chi connectivity index (χ2n) is 5.84. The third kappa shape index (κ3) is 3.98. The Balaban J connectivity index is 1.87. The van der Waals surface area contributed by atoms with Gasteiger partial charge in [-0.3, -0.25) is 25.2 Å². The van der Waals surface area contributed by atoms with Crippen molar-refractivity contribution < 1.29 is 9.59 Å². The highest BCUT2D eigenvalue weighted by molar-refractivity contribution is 6.30. The number of aromatic nitrogens is 2. The first-order valence-electron chi connectivity index (χ1n) is 8.37. The van der Waals surface area contributed by atoms with Gasteiger partial charge in [0, 0.05) is 22.5 Å². The van der Waals surface area contributed by atoms with Crippen molar-refractivity contribution in [3.05, 3.63) is 75.2 Å². The van der Waals surface area contributed by atoms with Gasteiger partial charge in [0.2, 0.25) is 0 Å². The molecule has 0 aliphatic rings. The van der Waals surface area contributed by atoms with E-state index < -0.39 is 11.8 Å². The summed E-state index contributed by atoms with van der Waals surface area (Å²) in [4.78, 5) is 37.2. The summed E-state index contributed by atoms with van der Waals surface area (Å²) in [5.74, 6) is -1.11. The van der Waals surface area contributed by atoms with Crippen LogP contribution in [0.4, 0.5) is 0 Å². The number of halogens is 1. The SMILES string of the molecule is CCCn1nc(C(=O)NNC(=O)c2ccc(Cl)cc2)c2ccccc2c1=O. The van der Waals surface area contributed by atoms with Gasteiger partial charge in [0.05, 0.1) is 5.39 Å². The molecule has 0 radical (unpaired) electrons. The van der Waals surface area contributed by atoms with Gasteiger partial charge < -0.3 is 0 Å². The maximum Gasteiger partial charge on any atom is 0.290 e. The minimum absolute atomic E-state index is 0.0649. The molecule has 0 aliphatic carbocycles. The van der Waals surface area contributed by atoms with Crippen LogP contribution in [0.5, 0.6) is 0 Å². The van der Waals surface area contributed by atoms with Crippen LogP contribution in [0.2, 0.25) is 5.02 Å². The lowest BCUT2D eigenvalue weighted by atomic mass is 10.1. The van der Waals surface area contributed by atoms with E-state index in [2.05, 4.69) is 16.0 Å². The molecule has 0 saturated heterocycles. The second kappa shape index (κ2) is 8.01. The molecule has 0 saturated carbocycles. The number of carbonyl (C=O) groups excluding carboxylic acids is 2. The summed E-state index contributed by atoms with van der Waals surface area (Å²) >= 11 is 5.80. The number of amides is 2. The van der Waals surface area contributed by atoms with E-state index in [0.717, 1.165) is 0 Å².